The summed E-state index contributed by atoms with van der Waals surface area (Å²) in [7, 11) is 1.58. The Balaban J connectivity index is 2.56. The molecule has 0 heterocycles. The Bertz CT molecular complexity index is 628. The molecule has 0 N–H and O–H groups in total. The van der Waals surface area contributed by atoms with Gasteiger partial charge in [-0.3, -0.25) is 0 Å². The van der Waals surface area contributed by atoms with E-state index in [9.17, 15) is 4.39 Å². The molecule has 0 fully saturated rings. The molecule has 0 saturated heterocycles. The van der Waals surface area contributed by atoms with Crippen LogP contribution in [-0.4, -0.2) is 12.4 Å². The van der Waals surface area contributed by atoms with Crippen LogP contribution in [0.2, 0.25) is 0 Å². The number of methoxy groups -OCH3 is 1. The highest BCUT2D eigenvalue weighted by atomic mass is 35.5. The molecule has 0 saturated carbocycles. The molecule has 0 atom stereocenters. The van der Waals surface area contributed by atoms with Crippen LogP contribution < -0.4 is 4.74 Å². The first-order chi connectivity index (χ1) is 10.0. The molecule has 2 rings (SSSR count). The topological polar surface area (TPSA) is 9.23 Å². The van der Waals surface area contributed by atoms with Crippen LogP contribution in [0.3, 0.4) is 0 Å². The highest BCUT2D eigenvalue weighted by Crippen LogP contribution is 2.37. The molecule has 0 aliphatic heterocycles. The van der Waals surface area contributed by atoms with Crippen molar-refractivity contribution in [1.29, 1.82) is 0 Å². The molecule has 0 spiro atoms. The van der Waals surface area contributed by atoms with Crippen LogP contribution >= 0.6 is 23.4 Å². The van der Waals surface area contributed by atoms with Gasteiger partial charge in [0.15, 0.2) is 0 Å². The lowest BCUT2D eigenvalue weighted by atomic mass is 10.0. The SMILES string of the molecule is COc1ccc(F)c(-c2ccc(CCl)cc2SC(C)C)c1. The molecule has 21 heavy (non-hydrogen) atoms. The van der Waals surface area contributed by atoms with Crippen molar-refractivity contribution < 1.29 is 9.13 Å². The molecule has 2 aromatic carbocycles. The van der Waals surface area contributed by atoms with E-state index in [0.717, 1.165) is 16.0 Å². The fourth-order valence-electron chi connectivity index (χ4n) is 2.06. The van der Waals surface area contributed by atoms with Gasteiger partial charge in [0.1, 0.15) is 11.6 Å². The van der Waals surface area contributed by atoms with E-state index in [0.29, 0.717) is 22.4 Å². The van der Waals surface area contributed by atoms with Gasteiger partial charge in [-0.2, -0.15) is 0 Å². The molecular weight excluding hydrogens is 307 g/mol. The molecule has 0 aromatic heterocycles. The summed E-state index contributed by atoms with van der Waals surface area (Å²) >= 11 is 7.61. The minimum atomic E-state index is -0.250. The first-order valence-electron chi connectivity index (χ1n) is 6.74. The van der Waals surface area contributed by atoms with Crippen LogP contribution in [0.25, 0.3) is 11.1 Å². The van der Waals surface area contributed by atoms with E-state index in [2.05, 4.69) is 13.8 Å². The summed E-state index contributed by atoms with van der Waals surface area (Å²) < 4.78 is 19.4. The predicted molar refractivity (Wildman–Crippen MR) is 88.9 cm³/mol. The van der Waals surface area contributed by atoms with Crippen LogP contribution in [0.15, 0.2) is 41.3 Å². The van der Waals surface area contributed by atoms with Crippen molar-refractivity contribution in [3.63, 3.8) is 0 Å². The fourth-order valence-corrected chi connectivity index (χ4v) is 3.26. The number of ether oxygens (including phenoxy) is 1. The van der Waals surface area contributed by atoms with Gasteiger partial charge in [0.25, 0.3) is 0 Å². The Morgan fingerprint density at radius 2 is 1.90 bits per heavy atom. The van der Waals surface area contributed by atoms with Gasteiger partial charge in [-0.1, -0.05) is 26.0 Å². The standard InChI is InChI=1S/C17H18ClFOS/c1-11(2)21-17-8-12(10-18)4-6-14(17)15-9-13(20-3)5-7-16(15)19/h4-9,11H,10H2,1-3H3. The fraction of sp³-hybridized carbons (Fsp3) is 0.294. The Morgan fingerprint density at radius 1 is 1.14 bits per heavy atom. The second-order valence-corrected chi connectivity index (χ2v) is 6.86. The second-order valence-electron chi connectivity index (χ2n) is 4.98. The number of alkyl halides is 1. The third-order valence-corrected chi connectivity index (χ3v) is 4.40. The Kier molecular flexibility index (Phi) is 5.54. The van der Waals surface area contributed by atoms with Gasteiger partial charge in [0.2, 0.25) is 0 Å². The summed E-state index contributed by atoms with van der Waals surface area (Å²) in [4.78, 5) is 1.04. The summed E-state index contributed by atoms with van der Waals surface area (Å²) in [6.07, 6.45) is 0. The smallest absolute Gasteiger partial charge is 0.131 e. The quantitative estimate of drug-likeness (QED) is 0.512. The van der Waals surface area contributed by atoms with Crippen LogP contribution in [0.1, 0.15) is 19.4 Å². The van der Waals surface area contributed by atoms with Gasteiger partial charge in [0, 0.05) is 21.6 Å². The molecule has 0 unspecified atom stereocenters. The molecule has 0 amide bonds. The van der Waals surface area contributed by atoms with E-state index in [1.54, 1.807) is 31.0 Å². The summed E-state index contributed by atoms with van der Waals surface area (Å²) in [5, 5.41) is 0.406. The van der Waals surface area contributed by atoms with E-state index in [-0.39, 0.29) is 5.82 Å². The second kappa shape index (κ2) is 7.19. The first kappa shape index (κ1) is 16.2. The monoisotopic (exact) mass is 324 g/mol. The van der Waals surface area contributed by atoms with Gasteiger partial charge in [0.05, 0.1) is 7.11 Å². The summed E-state index contributed by atoms with van der Waals surface area (Å²) in [6, 6.07) is 10.7. The zero-order chi connectivity index (χ0) is 15.4. The molecule has 112 valence electrons. The lowest BCUT2D eigenvalue weighted by molar-refractivity contribution is 0.414. The van der Waals surface area contributed by atoms with Crippen molar-refractivity contribution in [3.05, 3.63) is 47.8 Å². The average Bonchev–Trinajstić information content (AvgIpc) is 2.47. The predicted octanol–water partition coefficient (Wildman–Crippen LogP) is 5.74. The number of halogens is 2. The number of thioether (sulfide) groups is 1. The van der Waals surface area contributed by atoms with E-state index in [1.165, 1.54) is 6.07 Å². The Labute approximate surface area is 134 Å². The van der Waals surface area contributed by atoms with E-state index in [4.69, 9.17) is 16.3 Å². The van der Waals surface area contributed by atoms with Gasteiger partial charge >= 0.3 is 0 Å². The largest absolute Gasteiger partial charge is 0.497 e. The van der Waals surface area contributed by atoms with Crippen LogP contribution in [-0.2, 0) is 5.88 Å². The maximum atomic E-state index is 14.2. The lowest BCUT2D eigenvalue weighted by Crippen LogP contribution is -1.94. The Hall–Kier alpha value is -1.19. The van der Waals surface area contributed by atoms with Crippen LogP contribution in [0, 0.1) is 5.82 Å². The average molecular weight is 325 g/mol. The molecule has 2 aromatic rings. The summed E-state index contributed by atoms with van der Waals surface area (Å²) in [5.41, 5.74) is 2.46. The summed E-state index contributed by atoms with van der Waals surface area (Å²) in [5.74, 6) is 0.848. The minimum Gasteiger partial charge on any atom is -0.497 e. The third-order valence-electron chi connectivity index (χ3n) is 3.03. The number of rotatable bonds is 5. The number of hydrogen-bond donors (Lipinski definition) is 0. The molecule has 0 aliphatic carbocycles. The van der Waals surface area contributed by atoms with Gasteiger partial charge in [-0.05, 0) is 35.4 Å². The van der Waals surface area contributed by atoms with Gasteiger partial charge in [-0.15, -0.1) is 23.4 Å². The Morgan fingerprint density at radius 3 is 2.52 bits per heavy atom. The van der Waals surface area contributed by atoms with Crippen LogP contribution in [0.4, 0.5) is 4.39 Å². The van der Waals surface area contributed by atoms with Gasteiger partial charge < -0.3 is 4.74 Å². The molecule has 0 aliphatic rings. The van der Waals surface area contributed by atoms with Crippen molar-refractivity contribution in [2.45, 2.75) is 29.9 Å². The maximum absolute atomic E-state index is 14.2. The lowest BCUT2D eigenvalue weighted by Gasteiger charge is -2.14. The molecular formula is C17H18ClFOS. The minimum absolute atomic E-state index is 0.250. The van der Waals surface area contributed by atoms with Gasteiger partial charge in [-0.25, -0.2) is 4.39 Å². The van der Waals surface area contributed by atoms with Crippen molar-refractivity contribution in [2.24, 2.45) is 0 Å². The third kappa shape index (κ3) is 3.92. The van der Waals surface area contributed by atoms with E-state index in [1.807, 2.05) is 18.2 Å². The number of hydrogen-bond acceptors (Lipinski definition) is 2. The van der Waals surface area contributed by atoms with Crippen molar-refractivity contribution in [2.75, 3.05) is 7.11 Å². The first-order valence-corrected chi connectivity index (χ1v) is 8.16. The van der Waals surface area contributed by atoms with Crippen molar-refractivity contribution >= 4 is 23.4 Å². The van der Waals surface area contributed by atoms with E-state index < -0.39 is 0 Å². The normalized spacial score (nSPS) is 11.0. The zero-order valence-corrected chi connectivity index (χ0v) is 13.9. The molecule has 4 heteroatoms. The molecule has 0 bridgehead atoms. The maximum Gasteiger partial charge on any atom is 0.131 e. The van der Waals surface area contributed by atoms with Crippen LogP contribution in [0.5, 0.6) is 5.75 Å². The van der Waals surface area contributed by atoms with Crippen molar-refractivity contribution in [3.8, 4) is 16.9 Å². The van der Waals surface area contributed by atoms with Crippen molar-refractivity contribution in [1.82, 2.24) is 0 Å². The molecule has 0 radical (unpaired) electrons. The van der Waals surface area contributed by atoms with E-state index >= 15 is 0 Å². The zero-order valence-electron chi connectivity index (χ0n) is 12.3. The summed E-state index contributed by atoms with van der Waals surface area (Å²) in [6.45, 7) is 4.23. The highest BCUT2D eigenvalue weighted by molar-refractivity contribution is 8.00. The highest BCUT2D eigenvalue weighted by Gasteiger charge is 2.13. The molecule has 1 nitrogen and oxygen atoms in total. The number of benzene rings is 2.